The van der Waals surface area contributed by atoms with Gasteiger partial charge in [-0.25, -0.2) is 0 Å². The van der Waals surface area contributed by atoms with Crippen molar-refractivity contribution in [1.82, 2.24) is 0 Å². The van der Waals surface area contributed by atoms with Gasteiger partial charge in [-0.2, -0.15) is 0 Å². The topological polar surface area (TPSA) is 44.5 Å². The summed E-state index contributed by atoms with van der Waals surface area (Å²) in [5, 5.41) is 0. The molecule has 0 saturated carbocycles. The van der Waals surface area contributed by atoms with Crippen molar-refractivity contribution in [3.8, 4) is 0 Å². The van der Waals surface area contributed by atoms with Crippen LogP contribution in [0.15, 0.2) is 28.7 Å². The lowest BCUT2D eigenvalue weighted by Crippen LogP contribution is -2.20. The molecule has 0 radical (unpaired) electrons. The normalized spacial score (nSPS) is 26.7. The molecular formula is C10H12BrNO2. The Bertz CT molecular complexity index is 301. The Kier molecular flexibility index (Phi) is 3.18. The Hall–Kier alpha value is -0.420. The van der Waals surface area contributed by atoms with Gasteiger partial charge in [0.05, 0.1) is 6.61 Å². The Balaban J connectivity index is 2.06. The fourth-order valence-corrected chi connectivity index (χ4v) is 1.70. The highest BCUT2D eigenvalue weighted by atomic mass is 79.9. The average Bonchev–Trinajstić information content (AvgIpc) is 2.67. The number of hydrogen-bond donors (Lipinski definition) is 1. The smallest absolute Gasteiger partial charge is 0.170 e. The molecule has 0 bridgehead atoms. The van der Waals surface area contributed by atoms with E-state index in [1.165, 1.54) is 0 Å². The first-order valence-electron chi connectivity index (χ1n) is 4.52. The summed E-state index contributed by atoms with van der Waals surface area (Å²) >= 11 is 3.39. The van der Waals surface area contributed by atoms with E-state index in [4.69, 9.17) is 15.2 Å². The number of hydrogen-bond acceptors (Lipinski definition) is 3. The second-order valence-corrected chi connectivity index (χ2v) is 4.09. The van der Waals surface area contributed by atoms with Crippen molar-refractivity contribution < 1.29 is 9.47 Å². The third-order valence-electron chi connectivity index (χ3n) is 2.18. The van der Waals surface area contributed by atoms with Gasteiger partial charge in [0.1, 0.15) is 6.10 Å². The maximum absolute atomic E-state index is 5.57. The van der Waals surface area contributed by atoms with Gasteiger partial charge in [-0.05, 0) is 17.7 Å². The van der Waals surface area contributed by atoms with Crippen molar-refractivity contribution in [2.24, 2.45) is 5.73 Å². The van der Waals surface area contributed by atoms with Gasteiger partial charge in [-0.3, -0.25) is 0 Å². The SMILES string of the molecule is NCC1OCC(c2ccc(Br)cc2)O1. The first kappa shape index (κ1) is 10.1. The summed E-state index contributed by atoms with van der Waals surface area (Å²) in [5.74, 6) is 0. The van der Waals surface area contributed by atoms with Crippen LogP contribution in [0.4, 0.5) is 0 Å². The summed E-state index contributed by atoms with van der Waals surface area (Å²) in [6, 6.07) is 8.04. The van der Waals surface area contributed by atoms with Crippen LogP contribution in [0.2, 0.25) is 0 Å². The minimum absolute atomic E-state index is 0.0247. The minimum Gasteiger partial charge on any atom is -0.348 e. The first-order valence-corrected chi connectivity index (χ1v) is 5.31. The summed E-state index contributed by atoms with van der Waals surface area (Å²) in [7, 11) is 0. The molecule has 76 valence electrons. The molecular weight excluding hydrogens is 246 g/mol. The molecule has 4 heteroatoms. The van der Waals surface area contributed by atoms with E-state index in [2.05, 4.69) is 15.9 Å². The van der Waals surface area contributed by atoms with Gasteiger partial charge in [0, 0.05) is 11.0 Å². The van der Waals surface area contributed by atoms with E-state index in [-0.39, 0.29) is 12.4 Å². The zero-order valence-corrected chi connectivity index (χ0v) is 9.24. The molecule has 0 spiro atoms. The molecule has 1 aromatic carbocycles. The molecule has 1 saturated heterocycles. The summed E-state index contributed by atoms with van der Waals surface area (Å²) in [4.78, 5) is 0. The van der Waals surface area contributed by atoms with Crippen molar-refractivity contribution in [3.05, 3.63) is 34.3 Å². The third-order valence-corrected chi connectivity index (χ3v) is 2.71. The zero-order valence-electron chi connectivity index (χ0n) is 7.65. The Morgan fingerprint density at radius 1 is 1.36 bits per heavy atom. The van der Waals surface area contributed by atoms with Gasteiger partial charge in [0.15, 0.2) is 6.29 Å². The van der Waals surface area contributed by atoms with Gasteiger partial charge in [-0.15, -0.1) is 0 Å². The number of nitrogens with two attached hydrogens (primary N) is 1. The highest BCUT2D eigenvalue weighted by Gasteiger charge is 2.25. The zero-order chi connectivity index (χ0) is 9.97. The molecule has 14 heavy (non-hydrogen) atoms. The number of rotatable bonds is 2. The van der Waals surface area contributed by atoms with E-state index >= 15 is 0 Å². The summed E-state index contributed by atoms with van der Waals surface area (Å²) in [6.07, 6.45) is -0.222. The van der Waals surface area contributed by atoms with Crippen molar-refractivity contribution in [3.63, 3.8) is 0 Å². The first-order chi connectivity index (χ1) is 6.79. The predicted molar refractivity (Wildman–Crippen MR) is 56.8 cm³/mol. The number of halogens is 1. The standard InChI is InChI=1S/C10H12BrNO2/c11-8-3-1-7(2-4-8)9-6-13-10(5-12)14-9/h1-4,9-10H,5-6,12H2. The predicted octanol–water partition coefficient (Wildman–Crippen LogP) is 1.82. The van der Waals surface area contributed by atoms with Crippen molar-refractivity contribution in [1.29, 1.82) is 0 Å². The lowest BCUT2D eigenvalue weighted by molar-refractivity contribution is -0.0497. The molecule has 1 aromatic rings. The van der Waals surface area contributed by atoms with Gasteiger partial charge in [0.2, 0.25) is 0 Å². The summed E-state index contributed by atoms with van der Waals surface area (Å²) in [6.45, 7) is 0.997. The van der Waals surface area contributed by atoms with E-state index < -0.39 is 0 Å². The minimum atomic E-state index is -0.247. The Morgan fingerprint density at radius 3 is 2.64 bits per heavy atom. The summed E-state index contributed by atoms with van der Waals surface area (Å²) in [5.41, 5.74) is 6.57. The number of benzene rings is 1. The molecule has 1 aliphatic heterocycles. The monoisotopic (exact) mass is 257 g/mol. The molecule has 2 atom stereocenters. The van der Waals surface area contributed by atoms with Gasteiger partial charge in [-0.1, -0.05) is 28.1 Å². The molecule has 3 nitrogen and oxygen atoms in total. The lowest BCUT2D eigenvalue weighted by Gasteiger charge is -2.09. The fourth-order valence-electron chi connectivity index (χ4n) is 1.43. The van der Waals surface area contributed by atoms with Crippen LogP contribution in [0.25, 0.3) is 0 Å². The molecule has 0 aliphatic carbocycles. The lowest BCUT2D eigenvalue weighted by atomic mass is 10.1. The van der Waals surface area contributed by atoms with E-state index in [1.54, 1.807) is 0 Å². The largest absolute Gasteiger partial charge is 0.348 e. The van der Waals surface area contributed by atoms with Crippen LogP contribution in [0.3, 0.4) is 0 Å². The second kappa shape index (κ2) is 4.40. The molecule has 2 N–H and O–H groups in total. The average molecular weight is 258 g/mol. The van der Waals surface area contributed by atoms with E-state index in [0.29, 0.717) is 13.2 Å². The van der Waals surface area contributed by atoms with Gasteiger partial charge in [0.25, 0.3) is 0 Å². The Labute approximate surface area is 91.3 Å². The maximum Gasteiger partial charge on any atom is 0.170 e. The summed E-state index contributed by atoms with van der Waals surface area (Å²) < 4.78 is 12.0. The molecule has 1 aliphatic rings. The second-order valence-electron chi connectivity index (χ2n) is 3.17. The number of ether oxygens (including phenoxy) is 2. The van der Waals surface area contributed by atoms with E-state index in [0.717, 1.165) is 10.0 Å². The molecule has 1 fully saturated rings. The van der Waals surface area contributed by atoms with E-state index in [1.807, 2.05) is 24.3 Å². The molecule has 1 heterocycles. The van der Waals surface area contributed by atoms with Crippen LogP contribution < -0.4 is 5.73 Å². The van der Waals surface area contributed by atoms with E-state index in [9.17, 15) is 0 Å². The molecule has 0 amide bonds. The van der Waals surface area contributed by atoms with Gasteiger partial charge < -0.3 is 15.2 Å². The van der Waals surface area contributed by atoms with Crippen LogP contribution in [0.5, 0.6) is 0 Å². The van der Waals surface area contributed by atoms with Crippen molar-refractivity contribution >= 4 is 15.9 Å². The molecule has 2 unspecified atom stereocenters. The maximum atomic E-state index is 5.57. The van der Waals surface area contributed by atoms with Crippen LogP contribution in [0.1, 0.15) is 11.7 Å². The molecule has 2 rings (SSSR count). The van der Waals surface area contributed by atoms with Crippen LogP contribution in [-0.4, -0.2) is 19.4 Å². The van der Waals surface area contributed by atoms with Crippen LogP contribution in [0, 0.1) is 0 Å². The third kappa shape index (κ3) is 2.15. The Morgan fingerprint density at radius 2 is 2.07 bits per heavy atom. The van der Waals surface area contributed by atoms with Crippen LogP contribution in [-0.2, 0) is 9.47 Å². The highest BCUT2D eigenvalue weighted by molar-refractivity contribution is 9.10. The van der Waals surface area contributed by atoms with Crippen LogP contribution >= 0.6 is 15.9 Å². The van der Waals surface area contributed by atoms with Crippen molar-refractivity contribution in [2.45, 2.75) is 12.4 Å². The molecule has 0 aromatic heterocycles. The fraction of sp³-hybridized carbons (Fsp3) is 0.400. The quantitative estimate of drug-likeness (QED) is 0.880. The van der Waals surface area contributed by atoms with Gasteiger partial charge >= 0.3 is 0 Å². The highest BCUT2D eigenvalue weighted by Crippen LogP contribution is 2.26. The van der Waals surface area contributed by atoms with Crippen molar-refractivity contribution in [2.75, 3.05) is 13.2 Å².